The zero-order chi connectivity index (χ0) is 11.2. The number of ether oxygens (including phenoxy) is 1. The van der Waals surface area contributed by atoms with E-state index in [0.717, 1.165) is 5.33 Å². The van der Waals surface area contributed by atoms with Gasteiger partial charge in [-0.15, -0.1) is 0 Å². The third-order valence-electron chi connectivity index (χ3n) is 2.02. The number of hydrogen-bond donors (Lipinski definition) is 1. The van der Waals surface area contributed by atoms with Crippen molar-refractivity contribution in [2.75, 3.05) is 24.8 Å². The van der Waals surface area contributed by atoms with Crippen molar-refractivity contribution in [1.82, 2.24) is 4.72 Å². The second kappa shape index (κ2) is 6.76. The Balaban J connectivity index is 4.08. The Morgan fingerprint density at radius 2 is 2.00 bits per heavy atom. The molecule has 1 N–H and O–H groups in total. The van der Waals surface area contributed by atoms with Crippen molar-refractivity contribution < 1.29 is 13.2 Å². The normalized spacial score (nSPS) is 16.6. The third-order valence-corrected chi connectivity index (χ3v) is 4.47. The van der Waals surface area contributed by atoms with Gasteiger partial charge in [0.2, 0.25) is 10.0 Å². The molecule has 0 heterocycles. The van der Waals surface area contributed by atoms with Crippen molar-refractivity contribution in [3.05, 3.63) is 0 Å². The van der Waals surface area contributed by atoms with Gasteiger partial charge in [-0.1, -0.05) is 22.9 Å². The Bertz CT molecular complexity index is 243. The summed E-state index contributed by atoms with van der Waals surface area (Å²) in [5, 5.41) is 0.779. The van der Waals surface area contributed by atoms with E-state index in [-0.39, 0.29) is 24.3 Å². The molecule has 0 aliphatic carbocycles. The number of methoxy groups -OCH3 is 1. The van der Waals surface area contributed by atoms with Crippen LogP contribution in [0.4, 0.5) is 0 Å². The predicted molar refractivity (Wildman–Crippen MR) is 61.2 cm³/mol. The number of sulfonamides is 1. The molecule has 0 aromatic rings. The fourth-order valence-electron chi connectivity index (χ4n) is 0.785. The van der Waals surface area contributed by atoms with Crippen LogP contribution in [0.3, 0.4) is 0 Å². The minimum absolute atomic E-state index is 0.0167. The maximum Gasteiger partial charge on any atom is 0.214 e. The van der Waals surface area contributed by atoms with Crippen LogP contribution in [-0.4, -0.2) is 39.3 Å². The van der Waals surface area contributed by atoms with Gasteiger partial charge in [0, 0.05) is 18.5 Å². The molecule has 4 nitrogen and oxygen atoms in total. The average Bonchev–Trinajstić information content (AvgIpc) is 2.12. The van der Waals surface area contributed by atoms with Gasteiger partial charge in [0.15, 0.2) is 0 Å². The van der Waals surface area contributed by atoms with Crippen molar-refractivity contribution in [3.8, 4) is 0 Å². The first-order valence-electron chi connectivity index (χ1n) is 4.48. The van der Waals surface area contributed by atoms with E-state index < -0.39 is 10.0 Å². The van der Waals surface area contributed by atoms with Crippen LogP contribution in [0.5, 0.6) is 0 Å². The van der Waals surface area contributed by atoms with Crippen LogP contribution in [0.1, 0.15) is 13.8 Å². The van der Waals surface area contributed by atoms with Gasteiger partial charge in [0.05, 0.1) is 12.4 Å². The van der Waals surface area contributed by atoms with Gasteiger partial charge >= 0.3 is 0 Å². The quantitative estimate of drug-likeness (QED) is 0.710. The Morgan fingerprint density at radius 1 is 1.43 bits per heavy atom. The van der Waals surface area contributed by atoms with Gasteiger partial charge in [-0.3, -0.25) is 0 Å². The summed E-state index contributed by atoms with van der Waals surface area (Å²) in [7, 11) is -1.71. The van der Waals surface area contributed by atoms with Crippen LogP contribution in [0, 0.1) is 5.92 Å². The van der Waals surface area contributed by atoms with Gasteiger partial charge in [0.1, 0.15) is 0 Å². The average molecular weight is 288 g/mol. The number of alkyl halides is 1. The largest absolute Gasteiger partial charge is 0.384 e. The summed E-state index contributed by atoms with van der Waals surface area (Å²) in [6, 6.07) is -0.0590. The molecule has 0 aliphatic rings. The lowest BCUT2D eigenvalue weighted by atomic mass is 10.1. The highest BCUT2D eigenvalue weighted by molar-refractivity contribution is 9.09. The summed E-state index contributed by atoms with van der Waals surface area (Å²) in [6.45, 7) is 4.07. The third kappa shape index (κ3) is 5.95. The number of nitrogens with one attached hydrogen (secondary N) is 1. The summed E-state index contributed by atoms with van der Waals surface area (Å²) in [4.78, 5) is 0. The smallest absolute Gasteiger partial charge is 0.214 e. The molecule has 0 saturated heterocycles. The molecule has 0 bridgehead atoms. The second-order valence-corrected chi connectivity index (χ2v) is 5.87. The van der Waals surface area contributed by atoms with Gasteiger partial charge in [-0.25, -0.2) is 13.1 Å². The van der Waals surface area contributed by atoms with E-state index >= 15 is 0 Å². The molecular weight excluding hydrogens is 270 g/mol. The minimum atomic E-state index is -3.19. The van der Waals surface area contributed by atoms with Crippen LogP contribution in [-0.2, 0) is 14.8 Å². The second-order valence-electron chi connectivity index (χ2n) is 3.35. The molecule has 0 aromatic heterocycles. The molecule has 0 rings (SSSR count). The van der Waals surface area contributed by atoms with E-state index in [1.165, 1.54) is 7.11 Å². The summed E-state index contributed by atoms with van der Waals surface area (Å²) in [5.74, 6) is 0.287. The molecule has 0 fully saturated rings. The molecule has 6 heteroatoms. The first-order chi connectivity index (χ1) is 6.43. The first kappa shape index (κ1) is 14.3. The molecule has 2 unspecified atom stereocenters. The van der Waals surface area contributed by atoms with Crippen LogP contribution in [0.2, 0.25) is 0 Å². The van der Waals surface area contributed by atoms with Crippen LogP contribution in [0.15, 0.2) is 0 Å². The predicted octanol–water partition coefficient (Wildman–Crippen LogP) is 0.972. The Labute approximate surface area is 94.6 Å². The van der Waals surface area contributed by atoms with Crippen molar-refractivity contribution in [1.29, 1.82) is 0 Å². The fourth-order valence-corrected chi connectivity index (χ4v) is 2.65. The van der Waals surface area contributed by atoms with E-state index in [4.69, 9.17) is 4.74 Å². The van der Waals surface area contributed by atoms with E-state index in [1.54, 1.807) is 0 Å². The maximum atomic E-state index is 11.4. The van der Waals surface area contributed by atoms with Crippen molar-refractivity contribution >= 4 is 26.0 Å². The van der Waals surface area contributed by atoms with E-state index in [9.17, 15) is 8.42 Å². The lowest BCUT2D eigenvalue weighted by molar-refractivity contribution is 0.216. The summed E-state index contributed by atoms with van der Waals surface area (Å²) in [5.41, 5.74) is 0. The number of hydrogen-bond acceptors (Lipinski definition) is 3. The standard InChI is InChI=1S/C8H18BrNO3S/c1-7(6-9)8(2)10-14(11,12)5-4-13-3/h7-8,10H,4-6H2,1-3H3. The van der Waals surface area contributed by atoms with Crippen LogP contribution in [0.25, 0.3) is 0 Å². The lowest BCUT2D eigenvalue weighted by Crippen LogP contribution is -2.39. The molecule has 14 heavy (non-hydrogen) atoms. The zero-order valence-electron chi connectivity index (χ0n) is 8.79. The van der Waals surface area contributed by atoms with Gasteiger partial charge in [0.25, 0.3) is 0 Å². The Morgan fingerprint density at radius 3 is 2.43 bits per heavy atom. The highest BCUT2D eigenvalue weighted by Gasteiger charge is 2.18. The van der Waals surface area contributed by atoms with Crippen molar-refractivity contribution in [3.63, 3.8) is 0 Å². The molecule has 0 radical (unpaired) electrons. The molecule has 0 amide bonds. The summed E-state index contributed by atoms with van der Waals surface area (Å²) >= 11 is 3.32. The molecular formula is C8H18BrNO3S. The minimum Gasteiger partial charge on any atom is -0.384 e. The van der Waals surface area contributed by atoms with Crippen molar-refractivity contribution in [2.45, 2.75) is 19.9 Å². The van der Waals surface area contributed by atoms with Crippen LogP contribution >= 0.6 is 15.9 Å². The fraction of sp³-hybridized carbons (Fsp3) is 1.00. The number of rotatable bonds is 7. The van der Waals surface area contributed by atoms with E-state index in [2.05, 4.69) is 20.7 Å². The molecule has 2 atom stereocenters. The van der Waals surface area contributed by atoms with Gasteiger partial charge in [-0.2, -0.15) is 0 Å². The van der Waals surface area contributed by atoms with Crippen molar-refractivity contribution in [2.24, 2.45) is 5.92 Å². The van der Waals surface area contributed by atoms with E-state index in [1.807, 2.05) is 13.8 Å². The molecule has 0 saturated carbocycles. The molecule has 0 aliphatic heterocycles. The highest BCUT2D eigenvalue weighted by Crippen LogP contribution is 2.07. The Hall–Kier alpha value is 0.350. The molecule has 86 valence electrons. The van der Waals surface area contributed by atoms with E-state index in [0.29, 0.717) is 0 Å². The van der Waals surface area contributed by atoms with Gasteiger partial charge in [-0.05, 0) is 12.8 Å². The zero-order valence-corrected chi connectivity index (χ0v) is 11.2. The first-order valence-corrected chi connectivity index (χ1v) is 7.25. The monoisotopic (exact) mass is 287 g/mol. The summed E-state index contributed by atoms with van der Waals surface area (Å²) in [6.07, 6.45) is 0. The summed E-state index contributed by atoms with van der Waals surface area (Å²) < 4.78 is 30.1. The SMILES string of the molecule is COCCS(=O)(=O)NC(C)C(C)CBr. The molecule has 0 spiro atoms. The lowest BCUT2D eigenvalue weighted by Gasteiger charge is -2.18. The maximum absolute atomic E-state index is 11.4. The van der Waals surface area contributed by atoms with Crippen LogP contribution < -0.4 is 4.72 Å². The number of halogens is 1. The van der Waals surface area contributed by atoms with Gasteiger partial charge < -0.3 is 4.74 Å². The topological polar surface area (TPSA) is 55.4 Å². The highest BCUT2D eigenvalue weighted by atomic mass is 79.9. The Kier molecular flexibility index (Phi) is 6.93. The molecule has 0 aromatic carbocycles.